The highest BCUT2D eigenvalue weighted by molar-refractivity contribution is 6.54. The van der Waals surface area contributed by atoms with E-state index >= 15 is 0 Å². The van der Waals surface area contributed by atoms with Gasteiger partial charge in [-0.3, -0.25) is 4.79 Å². The van der Waals surface area contributed by atoms with Crippen molar-refractivity contribution in [1.82, 2.24) is 0 Å². The summed E-state index contributed by atoms with van der Waals surface area (Å²) in [5, 5.41) is 3.36. The Kier molecular flexibility index (Phi) is 6.53. The Morgan fingerprint density at radius 1 is 0.941 bits per heavy atom. The van der Waals surface area contributed by atoms with Crippen LogP contribution in [0.3, 0.4) is 0 Å². The Morgan fingerprint density at radius 2 is 1.41 bits per heavy atom. The molecule has 0 aliphatic carbocycles. The SMILES string of the molecule is O=CCl.c1ccc(CNc2ccccc2)cc1. The normalized spacial score (nSPS) is 8.76. The van der Waals surface area contributed by atoms with Gasteiger partial charge in [0.25, 0.3) is 0 Å². The van der Waals surface area contributed by atoms with E-state index in [0.29, 0.717) is 0 Å². The molecular formula is C14H14ClNO. The molecule has 0 spiro atoms. The number of rotatable bonds is 3. The summed E-state index contributed by atoms with van der Waals surface area (Å²) < 4.78 is 0. The van der Waals surface area contributed by atoms with E-state index in [4.69, 9.17) is 4.79 Å². The predicted octanol–water partition coefficient (Wildman–Crippen LogP) is 3.71. The van der Waals surface area contributed by atoms with Crippen molar-refractivity contribution in [1.29, 1.82) is 0 Å². The predicted molar refractivity (Wildman–Crippen MR) is 72.8 cm³/mol. The molecule has 2 rings (SSSR count). The van der Waals surface area contributed by atoms with Crippen LogP contribution in [-0.4, -0.2) is 5.75 Å². The molecule has 2 aromatic carbocycles. The van der Waals surface area contributed by atoms with Crippen LogP contribution in [0.4, 0.5) is 5.69 Å². The van der Waals surface area contributed by atoms with E-state index in [1.165, 1.54) is 5.56 Å². The quantitative estimate of drug-likeness (QED) is 0.662. The van der Waals surface area contributed by atoms with Crippen molar-refractivity contribution in [2.24, 2.45) is 0 Å². The molecule has 0 atom stereocenters. The highest BCUT2D eigenvalue weighted by Crippen LogP contribution is 2.07. The van der Waals surface area contributed by atoms with Gasteiger partial charge in [-0.1, -0.05) is 48.5 Å². The fourth-order valence-corrected chi connectivity index (χ4v) is 1.36. The first-order valence-corrected chi connectivity index (χ1v) is 5.67. The lowest BCUT2D eigenvalue weighted by atomic mass is 10.2. The van der Waals surface area contributed by atoms with Crippen molar-refractivity contribution in [2.75, 3.05) is 5.32 Å². The minimum absolute atomic E-state index is 0.222. The van der Waals surface area contributed by atoms with E-state index in [9.17, 15) is 0 Å². The van der Waals surface area contributed by atoms with Gasteiger partial charge in [-0.05, 0) is 29.3 Å². The average Bonchev–Trinajstić information content (AvgIpc) is 2.40. The zero-order valence-electron chi connectivity index (χ0n) is 9.34. The summed E-state index contributed by atoms with van der Waals surface area (Å²) in [5.74, 6) is 0.222. The Balaban J connectivity index is 0.000000437. The summed E-state index contributed by atoms with van der Waals surface area (Å²) in [4.78, 5) is 8.57. The Hall–Kier alpha value is -1.80. The third kappa shape index (κ3) is 5.73. The maximum Gasteiger partial charge on any atom is 0.208 e. The van der Waals surface area contributed by atoms with E-state index in [0.717, 1.165) is 12.2 Å². The van der Waals surface area contributed by atoms with Crippen LogP contribution in [0, 0.1) is 0 Å². The molecule has 3 heteroatoms. The lowest BCUT2D eigenvalue weighted by Crippen LogP contribution is -1.98. The van der Waals surface area contributed by atoms with Crippen LogP contribution in [0.2, 0.25) is 0 Å². The summed E-state index contributed by atoms with van der Waals surface area (Å²) in [5.41, 5.74) is 2.47. The van der Waals surface area contributed by atoms with E-state index in [2.05, 4.69) is 53.3 Å². The standard InChI is InChI=1S/C13H13N.CHClO/c1-3-7-12(8-4-1)11-14-13-9-5-2-6-10-13;2-1-3/h1-10,14H,11H2;1H. The average molecular weight is 248 g/mol. The zero-order chi connectivity index (χ0) is 12.3. The number of carbonyl (C=O) groups excluding carboxylic acids is 1. The molecule has 0 saturated carbocycles. The number of hydrogen-bond donors (Lipinski definition) is 1. The van der Waals surface area contributed by atoms with E-state index in [1.807, 2.05) is 24.3 Å². The van der Waals surface area contributed by atoms with E-state index in [-0.39, 0.29) is 5.75 Å². The summed E-state index contributed by atoms with van der Waals surface area (Å²) >= 11 is 4.32. The number of halogens is 1. The van der Waals surface area contributed by atoms with Crippen LogP contribution in [0.1, 0.15) is 5.56 Å². The van der Waals surface area contributed by atoms with Gasteiger partial charge < -0.3 is 5.32 Å². The summed E-state index contributed by atoms with van der Waals surface area (Å²) in [6.07, 6.45) is 0. The Labute approximate surface area is 106 Å². The molecule has 2 aromatic rings. The number of nitrogens with one attached hydrogen (secondary N) is 1. The molecule has 17 heavy (non-hydrogen) atoms. The number of anilines is 1. The van der Waals surface area contributed by atoms with Crippen LogP contribution in [0.25, 0.3) is 0 Å². The second-order valence-corrected chi connectivity index (χ2v) is 3.47. The second kappa shape index (κ2) is 8.36. The first kappa shape index (κ1) is 13.3. The Bertz CT molecular complexity index is 377. The van der Waals surface area contributed by atoms with Gasteiger partial charge in [0.15, 0.2) is 0 Å². The summed E-state index contributed by atoms with van der Waals surface area (Å²) in [7, 11) is 0. The summed E-state index contributed by atoms with van der Waals surface area (Å²) in [6, 6.07) is 20.6. The van der Waals surface area contributed by atoms with Crippen molar-refractivity contribution < 1.29 is 4.79 Å². The fourth-order valence-electron chi connectivity index (χ4n) is 1.36. The molecule has 88 valence electrons. The largest absolute Gasteiger partial charge is 0.381 e. The highest BCUT2D eigenvalue weighted by Gasteiger charge is 1.90. The van der Waals surface area contributed by atoms with Crippen LogP contribution in [-0.2, 0) is 11.3 Å². The first-order valence-electron chi connectivity index (χ1n) is 5.23. The molecule has 0 aliphatic rings. The lowest BCUT2D eigenvalue weighted by Gasteiger charge is -2.05. The monoisotopic (exact) mass is 247 g/mol. The van der Waals surface area contributed by atoms with E-state index in [1.54, 1.807) is 0 Å². The molecule has 0 amide bonds. The molecular weight excluding hydrogens is 234 g/mol. The molecule has 0 aliphatic heterocycles. The van der Waals surface area contributed by atoms with Gasteiger partial charge in [0.05, 0.1) is 0 Å². The fraction of sp³-hybridized carbons (Fsp3) is 0.0714. The maximum absolute atomic E-state index is 8.57. The minimum atomic E-state index is 0.222. The molecule has 0 bridgehead atoms. The van der Waals surface area contributed by atoms with Gasteiger partial charge in [0, 0.05) is 12.2 Å². The first-order chi connectivity index (χ1) is 8.36. The van der Waals surface area contributed by atoms with Gasteiger partial charge in [0.2, 0.25) is 5.75 Å². The highest BCUT2D eigenvalue weighted by atomic mass is 35.5. The van der Waals surface area contributed by atoms with Crippen LogP contribution < -0.4 is 5.32 Å². The van der Waals surface area contributed by atoms with Crippen molar-refractivity contribution in [3.05, 3.63) is 66.2 Å². The van der Waals surface area contributed by atoms with E-state index < -0.39 is 0 Å². The minimum Gasteiger partial charge on any atom is -0.381 e. The molecule has 0 unspecified atom stereocenters. The van der Waals surface area contributed by atoms with Crippen LogP contribution >= 0.6 is 11.6 Å². The molecule has 0 aromatic heterocycles. The third-order valence-electron chi connectivity index (χ3n) is 2.11. The van der Waals surface area contributed by atoms with Gasteiger partial charge in [-0.25, -0.2) is 0 Å². The van der Waals surface area contributed by atoms with Crippen molar-refractivity contribution >= 4 is 23.0 Å². The lowest BCUT2D eigenvalue weighted by molar-refractivity contribution is 0.569. The molecule has 0 saturated heterocycles. The summed E-state index contributed by atoms with van der Waals surface area (Å²) in [6.45, 7) is 0.880. The topological polar surface area (TPSA) is 29.1 Å². The second-order valence-electron chi connectivity index (χ2n) is 3.29. The van der Waals surface area contributed by atoms with Gasteiger partial charge in [0.1, 0.15) is 0 Å². The number of carbonyl (C=O) groups is 1. The number of para-hydroxylation sites is 1. The molecule has 1 N–H and O–H groups in total. The number of hydrogen-bond acceptors (Lipinski definition) is 2. The molecule has 0 fully saturated rings. The van der Waals surface area contributed by atoms with Crippen molar-refractivity contribution in [2.45, 2.75) is 6.54 Å². The smallest absolute Gasteiger partial charge is 0.208 e. The van der Waals surface area contributed by atoms with Crippen LogP contribution in [0.5, 0.6) is 0 Å². The molecule has 2 nitrogen and oxygen atoms in total. The molecule has 0 heterocycles. The van der Waals surface area contributed by atoms with Crippen LogP contribution in [0.15, 0.2) is 60.7 Å². The zero-order valence-corrected chi connectivity index (χ0v) is 10.1. The van der Waals surface area contributed by atoms with Gasteiger partial charge in [-0.2, -0.15) is 0 Å². The number of benzene rings is 2. The third-order valence-corrected chi connectivity index (χ3v) is 2.11. The Morgan fingerprint density at radius 3 is 1.94 bits per heavy atom. The molecule has 0 radical (unpaired) electrons. The van der Waals surface area contributed by atoms with Gasteiger partial charge >= 0.3 is 0 Å². The maximum atomic E-state index is 8.57. The van der Waals surface area contributed by atoms with Crippen molar-refractivity contribution in [3.63, 3.8) is 0 Å². The van der Waals surface area contributed by atoms with Crippen molar-refractivity contribution in [3.8, 4) is 0 Å². The van der Waals surface area contributed by atoms with Gasteiger partial charge in [-0.15, -0.1) is 0 Å².